The molecule has 1 aromatic rings. The van der Waals surface area contributed by atoms with Crippen molar-refractivity contribution in [3.05, 3.63) is 11.9 Å². The van der Waals surface area contributed by atoms with E-state index in [4.69, 9.17) is 0 Å². The highest BCUT2D eigenvalue weighted by molar-refractivity contribution is 8.06. The molecule has 84 valence electrons. The van der Waals surface area contributed by atoms with Gasteiger partial charge in [0.05, 0.1) is 17.9 Å². The Morgan fingerprint density at radius 2 is 2.47 bits per heavy atom. The Labute approximate surface area is 98.6 Å². The molecule has 2 rings (SSSR count). The normalized spacial score (nSPS) is 24.0. The number of hydrogen-bond donors (Lipinski definition) is 1. The third-order valence-electron chi connectivity index (χ3n) is 2.59. The summed E-state index contributed by atoms with van der Waals surface area (Å²) in [5.41, 5.74) is 1.18. The number of thioether (sulfide) groups is 2. The molecule has 0 aromatic carbocycles. The third kappa shape index (κ3) is 2.49. The molecule has 2 atom stereocenters. The number of nitrogens with one attached hydrogen (secondary N) is 1. The maximum Gasteiger partial charge on any atom is 0.0764 e. The molecule has 6 heteroatoms. The highest BCUT2D eigenvalue weighted by atomic mass is 32.2. The van der Waals surface area contributed by atoms with Gasteiger partial charge in [0, 0.05) is 29.6 Å². The lowest BCUT2D eigenvalue weighted by Crippen LogP contribution is -2.32. The lowest BCUT2D eigenvalue weighted by Gasteiger charge is -2.28. The van der Waals surface area contributed by atoms with Crippen LogP contribution in [-0.2, 0) is 7.05 Å². The first-order valence-corrected chi connectivity index (χ1v) is 7.24. The van der Waals surface area contributed by atoms with Crippen LogP contribution < -0.4 is 5.32 Å². The zero-order chi connectivity index (χ0) is 10.7. The van der Waals surface area contributed by atoms with Gasteiger partial charge < -0.3 is 5.32 Å². The molecule has 2 heterocycles. The van der Waals surface area contributed by atoms with Crippen LogP contribution >= 0.6 is 23.5 Å². The fourth-order valence-corrected chi connectivity index (χ4v) is 4.69. The summed E-state index contributed by atoms with van der Waals surface area (Å²) in [7, 11) is 3.96. The van der Waals surface area contributed by atoms with Crippen LogP contribution in [0.4, 0.5) is 0 Å². The highest BCUT2D eigenvalue weighted by Crippen LogP contribution is 2.32. The fraction of sp³-hybridized carbons (Fsp3) is 0.778. The van der Waals surface area contributed by atoms with Crippen LogP contribution in [0.5, 0.6) is 0 Å². The molecule has 0 spiro atoms. The highest BCUT2D eigenvalue weighted by Gasteiger charge is 2.26. The minimum atomic E-state index is 0.364. The van der Waals surface area contributed by atoms with E-state index in [9.17, 15) is 0 Å². The van der Waals surface area contributed by atoms with E-state index < -0.39 is 0 Å². The number of aromatic nitrogens is 3. The summed E-state index contributed by atoms with van der Waals surface area (Å²) >= 11 is 4.09. The van der Waals surface area contributed by atoms with Crippen molar-refractivity contribution in [2.45, 2.75) is 11.3 Å². The van der Waals surface area contributed by atoms with Crippen LogP contribution in [0.15, 0.2) is 6.20 Å². The van der Waals surface area contributed by atoms with Crippen molar-refractivity contribution in [3.63, 3.8) is 0 Å². The average Bonchev–Trinajstić information content (AvgIpc) is 2.68. The second-order valence-electron chi connectivity index (χ2n) is 3.53. The van der Waals surface area contributed by atoms with Crippen molar-refractivity contribution in [1.29, 1.82) is 0 Å². The van der Waals surface area contributed by atoms with Crippen LogP contribution in [0.2, 0.25) is 0 Å². The summed E-state index contributed by atoms with van der Waals surface area (Å²) in [6.45, 7) is 0. The molecule has 1 aromatic heterocycles. The van der Waals surface area contributed by atoms with E-state index in [1.807, 2.05) is 36.7 Å². The molecule has 4 nitrogen and oxygen atoms in total. The number of nitrogens with zero attached hydrogens (tertiary/aromatic N) is 3. The van der Waals surface area contributed by atoms with Gasteiger partial charge in [0.25, 0.3) is 0 Å². The molecule has 0 aliphatic carbocycles. The largest absolute Gasteiger partial charge is 0.311 e. The Morgan fingerprint density at radius 3 is 3.00 bits per heavy atom. The van der Waals surface area contributed by atoms with Crippen molar-refractivity contribution in [1.82, 2.24) is 20.3 Å². The van der Waals surface area contributed by atoms with E-state index in [1.54, 1.807) is 0 Å². The van der Waals surface area contributed by atoms with Crippen LogP contribution in [0.3, 0.4) is 0 Å². The summed E-state index contributed by atoms with van der Waals surface area (Å²) in [6, 6.07) is 0.364. The summed E-state index contributed by atoms with van der Waals surface area (Å²) in [4.78, 5) is 0. The Balaban J connectivity index is 2.12. The maximum atomic E-state index is 3.99. The fourth-order valence-electron chi connectivity index (χ4n) is 1.80. The molecular weight excluding hydrogens is 228 g/mol. The number of rotatable bonds is 3. The van der Waals surface area contributed by atoms with Gasteiger partial charge in [-0.3, -0.25) is 4.68 Å². The number of hydrogen-bond acceptors (Lipinski definition) is 5. The molecular formula is C9H16N4S2. The predicted molar refractivity (Wildman–Crippen MR) is 66.4 cm³/mol. The first-order chi connectivity index (χ1) is 7.33. The van der Waals surface area contributed by atoms with Gasteiger partial charge in [0.2, 0.25) is 0 Å². The quantitative estimate of drug-likeness (QED) is 0.856. The van der Waals surface area contributed by atoms with E-state index in [2.05, 4.69) is 27.4 Å². The van der Waals surface area contributed by atoms with Gasteiger partial charge in [-0.25, -0.2) is 0 Å². The number of aryl methyl sites for hydroxylation is 1. The Kier molecular flexibility index (Phi) is 3.93. The third-order valence-corrected chi connectivity index (χ3v) is 5.46. The molecule has 2 unspecified atom stereocenters. The zero-order valence-electron chi connectivity index (χ0n) is 9.01. The molecule has 1 fully saturated rings. The molecule has 0 amide bonds. The van der Waals surface area contributed by atoms with E-state index in [1.165, 1.54) is 23.0 Å². The Hall–Kier alpha value is -0.200. The van der Waals surface area contributed by atoms with Crippen molar-refractivity contribution in [2.24, 2.45) is 7.05 Å². The maximum absolute atomic E-state index is 3.99. The first kappa shape index (κ1) is 11.3. The summed E-state index contributed by atoms with van der Waals surface area (Å²) < 4.78 is 1.86. The minimum absolute atomic E-state index is 0.364. The van der Waals surface area contributed by atoms with Gasteiger partial charge >= 0.3 is 0 Å². The average molecular weight is 244 g/mol. The molecule has 1 saturated heterocycles. The SMILES string of the molecule is CNC(c1cnnn1C)C1CSCCS1. The molecule has 1 N–H and O–H groups in total. The smallest absolute Gasteiger partial charge is 0.0764 e. The van der Waals surface area contributed by atoms with Gasteiger partial charge in [-0.05, 0) is 7.05 Å². The van der Waals surface area contributed by atoms with Crippen LogP contribution in [0, 0.1) is 0 Å². The van der Waals surface area contributed by atoms with Crippen molar-refractivity contribution in [2.75, 3.05) is 24.3 Å². The van der Waals surface area contributed by atoms with Crippen molar-refractivity contribution >= 4 is 23.5 Å². The lowest BCUT2D eigenvalue weighted by molar-refractivity contribution is 0.535. The second kappa shape index (κ2) is 5.23. The second-order valence-corrected chi connectivity index (χ2v) is 6.03. The van der Waals surface area contributed by atoms with Gasteiger partial charge in [-0.1, -0.05) is 5.21 Å². The molecule has 1 aliphatic rings. The predicted octanol–water partition coefficient (Wildman–Crippen LogP) is 0.924. The van der Waals surface area contributed by atoms with Gasteiger partial charge in [-0.2, -0.15) is 23.5 Å². The van der Waals surface area contributed by atoms with Gasteiger partial charge in [0.1, 0.15) is 0 Å². The molecule has 0 saturated carbocycles. The van der Waals surface area contributed by atoms with E-state index in [0.29, 0.717) is 11.3 Å². The first-order valence-electron chi connectivity index (χ1n) is 5.04. The molecule has 0 radical (unpaired) electrons. The topological polar surface area (TPSA) is 42.7 Å². The standard InChI is InChI=1S/C9H16N4S2/c1-10-9(7-5-11-12-13(7)2)8-6-14-3-4-15-8/h5,8-10H,3-4,6H2,1-2H3. The van der Waals surface area contributed by atoms with Crippen molar-refractivity contribution in [3.8, 4) is 0 Å². The molecule has 15 heavy (non-hydrogen) atoms. The monoisotopic (exact) mass is 244 g/mol. The van der Waals surface area contributed by atoms with Crippen LogP contribution in [-0.4, -0.2) is 44.6 Å². The lowest BCUT2D eigenvalue weighted by atomic mass is 10.1. The zero-order valence-corrected chi connectivity index (χ0v) is 10.6. The van der Waals surface area contributed by atoms with Gasteiger partial charge in [-0.15, -0.1) is 5.10 Å². The molecule has 0 bridgehead atoms. The summed E-state index contributed by atoms with van der Waals surface area (Å²) in [6.07, 6.45) is 1.86. The molecule has 1 aliphatic heterocycles. The van der Waals surface area contributed by atoms with Crippen LogP contribution in [0.1, 0.15) is 11.7 Å². The van der Waals surface area contributed by atoms with E-state index in [-0.39, 0.29) is 0 Å². The summed E-state index contributed by atoms with van der Waals surface area (Å²) in [5, 5.41) is 11.9. The van der Waals surface area contributed by atoms with E-state index >= 15 is 0 Å². The van der Waals surface area contributed by atoms with Crippen LogP contribution in [0.25, 0.3) is 0 Å². The summed E-state index contributed by atoms with van der Waals surface area (Å²) in [5.74, 6) is 3.74. The van der Waals surface area contributed by atoms with Gasteiger partial charge in [0.15, 0.2) is 0 Å². The minimum Gasteiger partial charge on any atom is -0.311 e. The van der Waals surface area contributed by atoms with Crippen molar-refractivity contribution < 1.29 is 0 Å². The Morgan fingerprint density at radius 1 is 1.60 bits per heavy atom. The van der Waals surface area contributed by atoms with E-state index in [0.717, 1.165) is 0 Å². The Bertz CT molecular complexity index is 309.